The highest BCUT2D eigenvalue weighted by atomic mass is 19.1. The number of H-pyrrole nitrogens is 1. The lowest BCUT2D eigenvalue weighted by Crippen LogP contribution is -2.15. The van der Waals surface area contributed by atoms with Gasteiger partial charge in [0.1, 0.15) is 11.8 Å². The van der Waals surface area contributed by atoms with Gasteiger partial charge in [-0.1, -0.05) is 0 Å². The molecule has 0 bridgehead atoms. The van der Waals surface area contributed by atoms with Crippen molar-refractivity contribution in [1.82, 2.24) is 19.4 Å². The SMILES string of the molecule is O=C(Nc1cn2cc(-c3cc4[nH]cnc4cc3CO)ccc2n1)C1CC1F. The summed E-state index contributed by atoms with van der Waals surface area (Å²) in [6, 6.07) is 7.54. The maximum absolute atomic E-state index is 13.0. The number of amides is 1. The van der Waals surface area contributed by atoms with Crippen LogP contribution in [0.2, 0.25) is 0 Å². The first kappa shape index (κ1) is 16.0. The van der Waals surface area contributed by atoms with Gasteiger partial charge in [0.25, 0.3) is 0 Å². The molecule has 3 heterocycles. The van der Waals surface area contributed by atoms with Crippen molar-refractivity contribution in [3.63, 3.8) is 0 Å². The number of aliphatic hydroxyl groups is 1. The van der Waals surface area contributed by atoms with E-state index >= 15 is 0 Å². The molecule has 7 nitrogen and oxygen atoms in total. The summed E-state index contributed by atoms with van der Waals surface area (Å²) in [5.41, 5.74) is 4.88. The normalized spacial score (nSPS) is 18.9. The molecule has 2 atom stereocenters. The molecule has 1 aromatic carbocycles. The number of fused-ring (bicyclic) bond motifs is 2. The third-order valence-corrected chi connectivity index (χ3v) is 4.88. The number of nitrogens with one attached hydrogen (secondary N) is 2. The molecule has 1 aliphatic rings. The van der Waals surface area contributed by atoms with Gasteiger partial charge in [-0.3, -0.25) is 4.79 Å². The van der Waals surface area contributed by atoms with Gasteiger partial charge in [0, 0.05) is 6.20 Å². The maximum atomic E-state index is 13.0. The zero-order chi connectivity index (χ0) is 18.5. The quantitative estimate of drug-likeness (QED) is 0.518. The molecule has 4 aromatic rings. The number of pyridine rings is 1. The minimum Gasteiger partial charge on any atom is -0.392 e. The highest BCUT2D eigenvalue weighted by Crippen LogP contribution is 2.34. The summed E-state index contributed by atoms with van der Waals surface area (Å²) in [5.74, 6) is -0.500. The van der Waals surface area contributed by atoms with Crippen LogP contribution in [0.5, 0.6) is 0 Å². The number of rotatable bonds is 4. The Kier molecular flexibility index (Phi) is 3.48. The van der Waals surface area contributed by atoms with Gasteiger partial charge in [0.15, 0.2) is 5.82 Å². The lowest BCUT2D eigenvalue weighted by molar-refractivity contribution is -0.117. The smallest absolute Gasteiger partial charge is 0.231 e. The van der Waals surface area contributed by atoms with E-state index in [4.69, 9.17) is 0 Å². The summed E-state index contributed by atoms with van der Waals surface area (Å²) in [6.07, 6.45) is 4.43. The van der Waals surface area contributed by atoms with Crippen molar-refractivity contribution >= 4 is 28.4 Å². The molecule has 0 spiro atoms. The fourth-order valence-corrected chi connectivity index (χ4v) is 3.29. The van der Waals surface area contributed by atoms with Crippen LogP contribution < -0.4 is 5.32 Å². The molecule has 0 aliphatic heterocycles. The number of benzene rings is 1. The topological polar surface area (TPSA) is 95.3 Å². The lowest BCUT2D eigenvalue weighted by atomic mass is 10.0. The summed E-state index contributed by atoms with van der Waals surface area (Å²) in [6.45, 7) is -0.104. The molecule has 2 unspecified atom stereocenters. The average Bonchev–Trinajstić information content (AvgIpc) is 3.06. The fourth-order valence-electron chi connectivity index (χ4n) is 3.29. The van der Waals surface area contributed by atoms with E-state index in [9.17, 15) is 14.3 Å². The van der Waals surface area contributed by atoms with Gasteiger partial charge in [0.2, 0.25) is 5.91 Å². The second-order valence-corrected chi connectivity index (χ2v) is 6.74. The largest absolute Gasteiger partial charge is 0.392 e. The van der Waals surface area contributed by atoms with Crippen molar-refractivity contribution in [3.05, 3.63) is 48.5 Å². The first-order chi connectivity index (χ1) is 13.1. The van der Waals surface area contributed by atoms with Crippen molar-refractivity contribution in [2.75, 3.05) is 5.32 Å². The van der Waals surface area contributed by atoms with Crippen LogP contribution in [0.1, 0.15) is 12.0 Å². The molecule has 1 amide bonds. The van der Waals surface area contributed by atoms with Crippen LogP contribution in [0.3, 0.4) is 0 Å². The molecule has 1 saturated carbocycles. The van der Waals surface area contributed by atoms with Crippen LogP contribution in [0.25, 0.3) is 27.8 Å². The summed E-state index contributed by atoms with van der Waals surface area (Å²) < 4.78 is 14.8. The number of halogens is 1. The van der Waals surface area contributed by atoms with E-state index in [0.717, 1.165) is 27.7 Å². The van der Waals surface area contributed by atoms with Gasteiger partial charge in [-0.25, -0.2) is 14.4 Å². The van der Waals surface area contributed by atoms with Crippen molar-refractivity contribution < 1.29 is 14.3 Å². The van der Waals surface area contributed by atoms with Gasteiger partial charge >= 0.3 is 0 Å². The fraction of sp³-hybridized carbons (Fsp3) is 0.211. The first-order valence-corrected chi connectivity index (χ1v) is 8.63. The van der Waals surface area contributed by atoms with E-state index in [-0.39, 0.29) is 18.9 Å². The highest BCUT2D eigenvalue weighted by Gasteiger charge is 2.43. The second-order valence-electron chi connectivity index (χ2n) is 6.74. The minimum atomic E-state index is -1.04. The summed E-state index contributed by atoms with van der Waals surface area (Å²) >= 11 is 0. The Morgan fingerprint density at radius 2 is 2.22 bits per heavy atom. The Labute approximate surface area is 152 Å². The van der Waals surface area contributed by atoms with Crippen LogP contribution in [-0.4, -0.2) is 36.5 Å². The predicted molar refractivity (Wildman–Crippen MR) is 97.8 cm³/mol. The molecular formula is C19H16FN5O2. The molecular weight excluding hydrogens is 349 g/mol. The van der Waals surface area contributed by atoms with E-state index in [1.54, 1.807) is 16.9 Å². The predicted octanol–water partition coefficient (Wildman–Crippen LogP) is 2.67. The number of aromatic amines is 1. The molecule has 3 N–H and O–H groups in total. The minimum absolute atomic E-state index is 0.104. The maximum Gasteiger partial charge on any atom is 0.231 e. The molecule has 27 heavy (non-hydrogen) atoms. The Hall–Kier alpha value is -3.26. The van der Waals surface area contributed by atoms with E-state index in [2.05, 4.69) is 20.3 Å². The lowest BCUT2D eigenvalue weighted by Gasteiger charge is -2.08. The zero-order valence-corrected chi connectivity index (χ0v) is 14.2. The number of carbonyl (C=O) groups excluding carboxylic acids is 1. The first-order valence-electron chi connectivity index (χ1n) is 8.63. The number of aromatic nitrogens is 4. The number of hydrogen-bond donors (Lipinski definition) is 3. The Bertz CT molecular complexity index is 1180. The number of aliphatic hydroxyl groups excluding tert-OH is 1. The highest BCUT2D eigenvalue weighted by molar-refractivity contribution is 5.94. The number of alkyl halides is 1. The van der Waals surface area contributed by atoms with E-state index < -0.39 is 12.1 Å². The Morgan fingerprint density at radius 1 is 1.37 bits per heavy atom. The molecule has 0 radical (unpaired) electrons. The molecule has 8 heteroatoms. The summed E-state index contributed by atoms with van der Waals surface area (Å²) in [7, 11) is 0. The third kappa shape index (κ3) is 2.74. The van der Waals surface area contributed by atoms with Crippen molar-refractivity contribution in [1.29, 1.82) is 0 Å². The second kappa shape index (κ2) is 5.88. The monoisotopic (exact) mass is 365 g/mol. The molecule has 5 rings (SSSR count). The number of anilines is 1. The van der Waals surface area contributed by atoms with Gasteiger partial charge < -0.3 is 19.8 Å². The molecule has 1 fully saturated rings. The molecule has 136 valence electrons. The summed E-state index contributed by atoms with van der Waals surface area (Å²) in [5, 5.41) is 12.4. The third-order valence-electron chi connectivity index (χ3n) is 4.88. The van der Waals surface area contributed by atoms with Crippen molar-refractivity contribution in [3.8, 4) is 11.1 Å². The zero-order valence-electron chi connectivity index (χ0n) is 14.2. The van der Waals surface area contributed by atoms with Crippen molar-refractivity contribution in [2.24, 2.45) is 5.92 Å². The van der Waals surface area contributed by atoms with Crippen LogP contribution in [0, 0.1) is 5.92 Å². The number of imidazole rings is 2. The Balaban J connectivity index is 1.52. The molecule has 3 aromatic heterocycles. The average molecular weight is 365 g/mol. The van der Waals surface area contributed by atoms with E-state index in [0.29, 0.717) is 11.5 Å². The van der Waals surface area contributed by atoms with Gasteiger partial charge in [-0.2, -0.15) is 0 Å². The van der Waals surface area contributed by atoms with Crippen molar-refractivity contribution in [2.45, 2.75) is 19.2 Å². The van der Waals surface area contributed by atoms with Crippen LogP contribution in [0.15, 0.2) is 43.0 Å². The van der Waals surface area contributed by atoms with Gasteiger partial charge in [0.05, 0.1) is 36.1 Å². The van der Waals surface area contributed by atoms with Crippen LogP contribution >= 0.6 is 0 Å². The number of hydrogen-bond acceptors (Lipinski definition) is 4. The number of nitrogens with zero attached hydrogens (tertiary/aromatic N) is 3. The number of carbonyl (C=O) groups is 1. The standard InChI is InChI=1S/C19H16FN5O2/c20-14-4-13(14)19(27)24-17-7-25-6-10(1-2-18(25)23-17)12-5-16-15(21-9-22-16)3-11(12)8-26/h1-3,5-7,9,13-14,26H,4,8H2,(H,21,22)(H,24,27). The van der Waals surface area contributed by atoms with Crippen LogP contribution in [-0.2, 0) is 11.4 Å². The van der Waals surface area contributed by atoms with Gasteiger partial charge in [-0.15, -0.1) is 0 Å². The molecule has 0 saturated heterocycles. The van der Waals surface area contributed by atoms with Crippen LogP contribution in [0.4, 0.5) is 10.2 Å². The molecule has 1 aliphatic carbocycles. The van der Waals surface area contributed by atoms with E-state index in [1.165, 1.54) is 0 Å². The summed E-state index contributed by atoms with van der Waals surface area (Å²) in [4.78, 5) is 23.5. The Morgan fingerprint density at radius 3 is 3.00 bits per heavy atom. The van der Waals surface area contributed by atoms with E-state index in [1.807, 2.05) is 30.5 Å². The van der Waals surface area contributed by atoms with Gasteiger partial charge in [-0.05, 0) is 47.4 Å².